The highest BCUT2D eigenvalue weighted by Gasteiger charge is 2.41. The molecule has 2 bridgehead atoms. The fraction of sp³-hybridized carbons (Fsp3) is 0.929. The Morgan fingerprint density at radius 2 is 1.91 bits per heavy atom. The van der Waals surface area contributed by atoms with Gasteiger partial charge in [0.1, 0.15) is 0 Å². The SMILES string of the molecule is O=C(CCC1CC2CCCC(C2)C1O)OCC(O)(O)S(=O)(=O)O. The second kappa shape index (κ2) is 7.02. The molecule has 23 heavy (non-hydrogen) atoms. The Balaban J connectivity index is 1.78. The van der Waals surface area contributed by atoms with Crippen LogP contribution in [-0.2, 0) is 19.6 Å². The summed E-state index contributed by atoms with van der Waals surface area (Å²) in [6.45, 7) is -1.26. The number of fused-ring (bicyclic) bond motifs is 2. The molecule has 134 valence electrons. The van der Waals surface area contributed by atoms with Gasteiger partial charge in [-0.15, -0.1) is 0 Å². The molecular weight excluding hydrogens is 328 g/mol. The minimum absolute atomic E-state index is 0.00110. The van der Waals surface area contributed by atoms with Gasteiger partial charge in [0, 0.05) is 6.42 Å². The van der Waals surface area contributed by atoms with E-state index in [9.17, 15) is 18.3 Å². The van der Waals surface area contributed by atoms with Crippen LogP contribution in [-0.4, -0.2) is 52.1 Å². The molecule has 2 rings (SSSR count). The molecule has 0 heterocycles. The van der Waals surface area contributed by atoms with E-state index in [0.717, 1.165) is 32.1 Å². The maximum Gasteiger partial charge on any atom is 0.330 e. The van der Waals surface area contributed by atoms with Gasteiger partial charge in [-0.3, -0.25) is 9.35 Å². The fourth-order valence-electron chi connectivity index (χ4n) is 3.72. The Morgan fingerprint density at radius 1 is 1.22 bits per heavy atom. The van der Waals surface area contributed by atoms with Crippen molar-refractivity contribution in [3.63, 3.8) is 0 Å². The van der Waals surface area contributed by atoms with Crippen LogP contribution in [0.25, 0.3) is 0 Å². The van der Waals surface area contributed by atoms with Gasteiger partial charge in [0.15, 0.2) is 6.61 Å². The molecule has 9 heteroatoms. The van der Waals surface area contributed by atoms with Crippen LogP contribution in [0.1, 0.15) is 44.9 Å². The molecule has 2 aliphatic rings. The number of rotatable bonds is 6. The molecule has 0 aliphatic heterocycles. The Morgan fingerprint density at radius 3 is 2.57 bits per heavy atom. The summed E-state index contributed by atoms with van der Waals surface area (Å²) >= 11 is 0. The zero-order valence-electron chi connectivity index (χ0n) is 12.8. The summed E-state index contributed by atoms with van der Waals surface area (Å²) in [6.07, 6.45) is 5.10. The highest BCUT2D eigenvalue weighted by molar-refractivity contribution is 7.86. The van der Waals surface area contributed by atoms with Crippen molar-refractivity contribution in [2.45, 2.75) is 56.2 Å². The average molecular weight is 352 g/mol. The van der Waals surface area contributed by atoms with E-state index in [1.54, 1.807) is 0 Å². The first-order valence-electron chi connectivity index (χ1n) is 7.85. The van der Waals surface area contributed by atoms with Crippen molar-refractivity contribution in [3.05, 3.63) is 0 Å². The van der Waals surface area contributed by atoms with Gasteiger partial charge in [0.2, 0.25) is 0 Å². The molecule has 0 aromatic carbocycles. The van der Waals surface area contributed by atoms with Crippen molar-refractivity contribution in [1.82, 2.24) is 0 Å². The summed E-state index contributed by atoms with van der Waals surface area (Å²) in [5.41, 5.74) is 0. The van der Waals surface area contributed by atoms with E-state index in [1.165, 1.54) is 0 Å². The number of hydrogen-bond donors (Lipinski definition) is 4. The Labute approximate surface area is 135 Å². The van der Waals surface area contributed by atoms with Gasteiger partial charge in [-0.05, 0) is 43.4 Å². The highest BCUT2D eigenvalue weighted by Crippen LogP contribution is 2.44. The summed E-state index contributed by atoms with van der Waals surface area (Å²) in [5.74, 6) is 0.0658. The summed E-state index contributed by atoms with van der Waals surface area (Å²) in [5, 5.41) is 24.9. The van der Waals surface area contributed by atoms with E-state index >= 15 is 0 Å². The van der Waals surface area contributed by atoms with Crippen molar-refractivity contribution in [2.24, 2.45) is 17.8 Å². The van der Waals surface area contributed by atoms with Gasteiger partial charge in [-0.25, -0.2) is 0 Å². The van der Waals surface area contributed by atoms with Crippen LogP contribution in [0.5, 0.6) is 0 Å². The molecular formula is C14H24O8S. The first-order valence-corrected chi connectivity index (χ1v) is 9.29. The third-order valence-electron chi connectivity index (χ3n) is 4.98. The van der Waals surface area contributed by atoms with Gasteiger partial charge in [-0.1, -0.05) is 12.8 Å². The summed E-state index contributed by atoms with van der Waals surface area (Å²) < 4.78 is 34.4. The molecule has 0 amide bonds. The van der Waals surface area contributed by atoms with Gasteiger partial charge in [0.05, 0.1) is 6.10 Å². The minimum atomic E-state index is -5.16. The Bertz CT molecular complexity index is 529. The first-order chi connectivity index (χ1) is 10.6. The van der Waals surface area contributed by atoms with Crippen molar-refractivity contribution >= 4 is 16.1 Å². The van der Waals surface area contributed by atoms with E-state index in [4.69, 9.17) is 14.8 Å². The normalized spacial score (nSPS) is 31.7. The van der Waals surface area contributed by atoms with Crippen LogP contribution in [0.2, 0.25) is 0 Å². The number of esters is 1. The third-order valence-corrected chi connectivity index (χ3v) is 5.92. The fourth-order valence-corrected chi connectivity index (χ4v) is 3.93. The van der Waals surface area contributed by atoms with E-state index in [1.807, 2.05) is 0 Å². The predicted molar refractivity (Wildman–Crippen MR) is 78.5 cm³/mol. The zero-order valence-corrected chi connectivity index (χ0v) is 13.6. The van der Waals surface area contributed by atoms with E-state index in [0.29, 0.717) is 12.3 Å². The summed E-state index contributed by atoms with van der Waals surface area (Å²) in [4.78, 5) is 11.6. The standard InChI is InChI=1S/C14H24O8S/c15-12(22-8-14(17,18)23(19,20)21)5-4-11-7-9-2-1-3-10(6-9)13(11)16/h9-11,13,16-18H,1-8H2,(H,19,20,21). The van der Waals surface area contributed by atoms with Crippen molar-refractivity contribution in [2.75, 3.05) is 6.61 Å². The minimum Gasteiger partial charge on any atom is -0.459 e. The number of ether oxygens (including phenoxy) is 1. The summed E-state index contributed by atoms with van der Waals surface area (Å²) in [7, 11) is -5.16. The number of carbonyl (C=O) groups is 1. The van der Waals surface area contributed by atoms with Crippen molar-refractivity contribution < 1.29 is 37.8 Å². The Hall–Kier alpha value is -0.740. The highest BCUT2D eigenvalue weighted by atomic mass is 32.2. The average Bonchev–Trinajstić information content (AvgIpc) is 2.47. The van der Waals surface area contributed by atoms with Gasteiger partial charge < -0.3 is 20.1 Å². The number of carbonyl (C=O) groups excluding carboxylic acids is 1. The second-order valence-electron chi connectivity index (χ2n) is 6.70. The molecule has 0 saturated heterocycles. The van der Waals surface area contributed by atoms with Gasteiger partial charge >= 0.3 is 21.2 Å². The predicted octanol–water partition coefficient (Wildman–Crippen LogP) is 0.0232. The largest absolute Gasteiger partial charge is 0.459 e. The Kier molecular flexibility index (Phi) is 5.68. The molecule has 0 aromatic rings. The first kappa shape index (κ1) is 18.6. The smallest absolute Gasteiger partial charge is 0.330 e. The van der Waals surface area contributed by atoms with E-state index < -0.39 is 33.9 Å². The number of aliphatic hydroxyl groups is 3. The quantitative estimate of drug-likeness (QED) is 0.298. The molecule has 0 aromatic heterocycles. The van der Waals surface area contributed by atoms with Crippen LogP contribution in [0.4, 0.5) is 0 Å². The van der Waals surface area contributed by atoms with Gasteiger partial charge in [0.25, 0.3) is 0 Å². The van der Waals surface area contributed by atoms with Crippen LogP contribution in [0, 0.1) is 17.8 Å². The molecule has 4 N–H and O–H groups in total. The van der Waals surface area contributed by atoms with Crippen LogP contribution < -0.4 is 0 Å². The van der Waals surface area contributed by atoms with Crippen molar-refractivity contribution in [1.29, 1.82) is 0 Å². The lowest BCUT2D eigenvalue weighted by Crippen LogP contribution is -2.43. The van der Waals surface area contributed by atoms with Crippen molar-refractivity contribution in [3.8, 4) is 0 Å². The van der Waals surface area contributed by atoms with E-state index in [-0.39, 0.29) is 18.3 Å². The molecule has 4 atom stereocenters. The number of aliphatic hydroxyl groups excluding tert-OH is 1. The van der Waals surface area contributed by atoms with Crippen LogP contribution in [0.15, 0.2) is 0 Å². The molecule has 2 aliphatic carbocycles. The maximum absolute atomic E-state index is 11.6. The molecule has 4 unspecified atom stereocenters. The monoisotopic (exact) mass is 352 g/mol. The molecule has 0 spiro atoms. The van der Waals surface area contributed by atoms with E-state index in [2.05, 4.69) is 4.74 Å². The second-order valence-corrected chi connectivity index (χ2v) is 8.30. The lowest BCUT2D eigenvalue weighted by molar-refractivity contribution is -0.167. The topological polar surface area (TPSA) is 141 Å². The third kappa shape index (κ3) is 4.63. The number of hydrogen-bond acceptors (Lipinski definition) is 7. The van der Waals surface area contributed by atoms with Gasteiger partial charge in [-0.2, -0.15) is 8.42 Å². The molecule has 2 saturated carbocycles. The lowest BCUT2D eigenvalue weighted by Gasteiger charge is -2.43. The maximum atomic E-state index is 11.6. The van der Waals surface area contributed by atoms with Crippen LogP contribution in [0.3, 0.4) is 0 Å². The van der Waals surface area contributed by atoms with Crippen LogP contribution >= 0.6 is 0 Å². The molecule has 0 radical (unpaired) electrons. The molecule has 8 nitrogen and oxygen atoms in total. The zero-order chi connectivity index (χ0) is 17.3. The summed E-state index contributed by atoms with van der Waals surface area (Å²) in [6, 6.07) is 0. The molecule has 2 fully saturated rings. The lowest BCUT2D eigenvalue weighted by atomic mass is 9.65.